The Labute approximate surface area is 110 Å². The monoisotopic (exact) mass is 276 g/mol. The molecule has 2 aliphatic heterocycles. The highest BCUT2D eigenvalue weighted by atomic mass is 32.7. The highest BCUT2D eigenvalue weighted by Crippen LogP contribution is 2.65. The highest BCUT2D eigenvalue weighted by Gasteiger charge is 2.38. The third-order valence-electron chi connectivity index (χ3n) is 3.68. The van der Waals surface area contributed by atoms with Gasteiger partial charge in [-0.1, -0.05) is 31.1 Å². The lowest BCUT2D eigenvalue weighted by Crippen LogP contribution is -2.36. The SMILES string of the molecule is CCSP(=O)(N1CCCCC1)N1CCCCC1. The largest absolute Gasteiger partial charge is 0.277 e. The molecule has 17 heavy (non-hydrogen) atoms. The van der Waals surface area contributed by atoms with Crippen molar-refractivity contribution in [1.82, 2.24) is 9.34 Å². The molecule has 0 bridgehead atoms. The maximum Gasteiger partial charge on any atom is 0.271 e. The Bertz CT molecular complexity index is 254. The first-order chi connectivity index (χ1) is 8.27. The second-order valence-corrected chi connectivity index (χ2v) is 10.1. The van der Waals surface area contributed by atoms with Gasteiger partial charge >= 0.3 is 0 Å². The Morgan fingerprint density at radius 2 is 1.29 bits per heavy atom. The van der Waals surface area contributed by atoms with E-state index in [1.165, 1.54) is 38.5 Å². The molecule has 0 aromatic heterocycles. The maximum absolute atomic E-state index is 13.3. The summed E-state index contributed by atoms with van der Waals surface area (Å²) in [5.74, 6) is 0.963. The molecular weight excluding hydrogens is 251 g/mol. The molecule has 0 aromatic rings. The maximum atomic E-state index is 13.3. The van der Waals surface area contributed by atoms with Crippen molar-refractivity contribution in [3.8, 4) is 0 Å². The van der Waals surface area contributed by atoms with Gasteiger partial charge in [-0.05, 0) is 31.4 Å². The molecule has 0 radical (unpaired) electrons. The number of rotatable bonds is 4. The molecule has 3 nitrogen and oxygen atoms in total. The fourth-order valence-corrected chi connectivity index (χ4v) is 8.34. The van der Waals surface area contributed by atoms with Crippen LogP contribution in [0.3, 0.4) is 0 Å². The van der Waals surface area contributed by atoms with Crippen LogP contribution >= 0.6 is 18.0 Å². The van der Waals surface area contributed by atoms with E-state index in [4.69, 9.17) is 0 Å². The van der Waals surface area contributed by atoms with Gasteiger partial charge < -0.3 is 0 Å². The fraction of sp³-hybridized carbons (Fsp3) is 1.00. The Kier molecular flexibility index (Phi) is 5.41. The van der Waals surface area contributed by atoms with E-state index in [1.54, 1.807) is 11.4 Å². The zero-order valence-electron chi connectivity index (χ0n) is 10.9. The van der Waals surface area contributed by atoms with Gasteiger partial charge in [-0.25, -0.2) is 9.34 Å². The molecule has 0 aromatic carbocycles. The van der Waals surface area contributed by atoms with Crippen LogP contribution in [-0.4, -0.2) is 41.3 Å². The molecule has 2 rings (SSSR count). The number of hydrogen-bond donors (Lipinski definition) is 0. The van der Waals surface area contributed by atoms with Gasteiger partial charge in [0.2, 0.25) is 0 Å². The van der Waals surface area contributed by atoms with E-state index < -0.39 is 6.65 Å². The quantitative estimate of drug-likeness (QED) is 0.728. The van der Waals surface area contributed by atoms with E-state index in [2.05, 4.69) is 16.3 Å². The van der Waals surface area contributed by atoms with Crippen molar-refractivity contribution < 1.29 is 4.57 Å². The van der Waals surface area contributed by atoms with Gasteiger partial charge in [0.25, 0.3) is 6.65 Å². The molecule has 0 saturated carbocycles. The Hall–Kier alpha value is 0.500. The molecule has 0 atom stereocenters. The summed E-state index contributed by atoms with van der Waals surface area (Å²) in [5.41, 5.74) is 0. The summed E-state index contributed by atoms with van der Waals surface area (Å²) in [6.07, 6.45) is 7.52. The highest BCUT2D eigenvalue weighted by molar-refractivity contribution is 8.56. The molecule has 0 spiro atoms. The van der Waals surface area contributed by atoms with Crippen molar-refractivity contribution in [3.05, 3.63) is 0 Å². The van der Waals surface area contributed by atoms with E-state index in [0.717, 1.165) is 31.9 Å². The minimum absolute atomic E-state index is 0.963. The van der Waals surface area contributed by atoms with Crippen LogP contribution in [0.5, 0.6) is 0 Å². The summed E-state index contributed by atoms with van der Waals surface area (Å²) < 4.78 is 17.9. The van der Waals surface area contributed by atoms with Crippen molar-refractivity contribution >= 4 is 18.0 Å². The van der Waals surface area contributed by atoms with Gasteiger partial charge in [-0.3, -0.25) is 4.57 Å². The van der Waals surface area contributed by atoms with E-state index in [-0.39, 0.29) is 0 Å². The zero-order valence-corrected chi connectivity index (χ0v) is 12.6. The summed E-state index contributed by atoms with van der Waals surface area (Å²) in [6, 6.07) is 0. The van der Waals surface area contributed by atoms with Gasteiger partial charge in [0.1, 0.15) is 0 Å². The average Bonchev–Trinajstić information content (AvgIpc) is 2.41. The van der Waals surface area contributed by atoms with E-state index >= 15 is 0 Å². The first-order valence-electron chi connectivity index (χ1n) is 7.03. The standard InChI is InChI=1S/C12H25N2OPS/c1-2-17-16(15,13-9-5-3-6-10-13)14-11-7-4-8-12-14/h2-12H2,1H3. The normalized spacial score (nSPS) is 25.0. The lowest BCUT2D eigenvalue weighted by atomic mass is 10.2. The molecule has 2 fully saturated rings. The average molecular weight is 276 g/mol. The molecule has 0 unspecified atom stereocenters. The van der Waals surface area contributed by atoms with Crippen LogP contribution in [0.25, 0.3) is 0 Å². The summed E-state index contributed by atoms with van der Waals surface area (Å²) in [5, 5.41) is 0. The minimum atomic E-state index is -2.29. The zero-order chi connectivity index (χ0) is 12.1. The minimum Gasteiger partial charge on any atom is -0.277 e. The number of hydrogen-bond acceptors (Lipinski definition) is 2. The second-order valence-electron chi connectivity index (χ2n) is 4.94. The van der Waals surface area contributed by atoms with Crippen LogP contribution < -0.4 is 0 Å². The Balaban J connectivity index is 2.08. The first kappa shape index (κ1) is 13.9. The van der Waals surface area contributed by atoms with Crippen LogP contribution in [0.2, 0.25) is 0 Å². The fourth-order valence-electron chi connectivity index (χ4n) is 2.77. The smallest absolute Gasteiger partial charge is 0.271 e. The van der Waals surface area contributed by atoms with E-state index in [1.807, 2.05) is 0 Å². The first-order valence-corrected chi connectivity index (χ1v) is 10.2. The van der Waals surface area contributed by atoms with Gasteiger partial charge in [0.05, 0.1) is 0 Å². The second kappa shape index (κ2) is 6.60. The third-order valence-corrected chi connectivity index (χ3v) is 9.67. The predicted octanol–water partition coefficient (Wildman–Crippen LogP) is 3.82. The Morgan fingerprint density at radius 3 is 1.65 bits per heavy atom. The predicted molar refractivity (Wildman–Crippen MR) is 76.6 cm³/mol. The molecule has 0 amide bonds. The summed E-state index contributed by atoms with van der Waals surface area (Å²) in [4.78, 5) is 0. The summed E-state index contributed by atoms with van der Waals surface area (Å²) >= 11 is 1.70. The topological polar surface area (TPSA) is 23.6 Å². The summed E-state index contributed by atoms with van der Waals surface area (Å²) in [7, 11) is 0. The van der Waals surface area contributed by atoms with Crippen LogP contribution in [0.1, 0.15) is 45.4 Å². The number of piperidine rings is 2. The molecule has 2 saturated heterocycles. The van der Waals surface area contributed by atoms with Gasteiger partial charge in [0.15, 0.2) is 0 Å². The molecular formula is C12H25N2OPS. The molecule has 2 aliphatic rings. The van der Waals surface area contributed by atoms with Crippen LogP contribution in [0.15, 0.2) is 0 Å². The van der Waals surface area contributed by atoms with Crippen LogP contribution in [0.4, 0.5) is 0 Å². The van der Waals surface area contributed by atoms with Crippen LogP contribution in [-0.2, 0) is 4.57 Å². The molecule has 0 aliphatic carbocycles. The lowest BCUT2D eigenvalue weighted by Gasteiger charge is -2.41. The molecule has 100 valence electrons. The Morgan fingerprint density at radius 1 is 0.882 bits per heavy atom. The van der Waals surface area contributed by atoms with E-state index in [9.17, 15) is 4.57 Å². The number of nitrogens with zero attached hydrogens (tertiary/aromatic N) is 2. The molecule has 0 N–H and O–H groups in total. The van der Waals surface area contributed by atoms with Crippen molar-refractivity contribution in [2.24, 2.45) is 0 Å². The van der Waals surface area contributed by atoms with Crippen molar-refractivity contribution in [2.75, 3.05) is 31.9 Å². The summed E-state index contributed by atoms with van der Waals surface area (Å²) in [6.45, 7) is 4.01. The molecule has 2 heterocycles. The molecule has 5 heteroatoms. The van der Waals surface area contributed by atoms with E-state index in [0.29, 0.717) is 0 Å². The third kappa shape index (κ3) is 3.28. The van der Waals surface area contributed by atoms with Crippen molar-refractivity contribution in [1.29, 1.82) is 0 Å². The van der Waals surface area contributed by atoms with Gasteiger partial charge in [0, 0.05) is 26.2 Å². The van der Waals surface area contributed by atoms with Gasteiger partial charge in [-0.2, -0.15) is 0 Å². The van der Waals surface area contributed by atoms with Crippen molar-refractivity contribution in [3.63, 3.8) is 0 Å². The van der Waals surface area contributed by atoms with Gasteiger partial charge in [-0.15, -0.1) is 0 Å². The van der Waals surface area contributed by atoms with Crippen molar-refractivity contribution in [2.45, 2.75) is 45.4 Å². The lowest BCUT2D eigenvalue weighted by molar-refractivity contribution is 0.287. The van der Waals surface area contributed by atoms with Crippen LogP contribution in [0, 0.1) is 0 Å².